The zero-order chi connectivity index (χ0) is 19.6. The van der Waals surface area contributed by atoms with E-state index in [0.717, 1.165) is 4.57 Å². The Bertz CT molecular complexity index is 640. The van der Waals surface area contributed by atoms with Gasteiger partial charge in [0.15, 0.2) is 0 Å². The second-order valence-corrected chi connectivity index (χ2v) is 8.28. The van der Waals surface area contributed by atoms with Gasteiger partial charge in [-0.05, 0) is 10.8 Å². The van der Waals surface area contributed by atoms with Crippen molar-refractivity contribution in [2.45, 2.75) is 53.5 Å². The number of carboxylic acid groups (broad SMARTS) is 2. The van der Waals surface area contributed by atoms with Gasteiger partial charge in [0.1, 0.15) is 11.9 Å². The van der Waals surface area contributed by atoms with Crippen molar-refractivity contribution in [2.75, 3.05) is 0 Å². The molecule has 0 fully saturated rings. The molecule has 140 valence electrons. The standard InChI is InChI=1S/C17H27N3O5/c1-15(2,3)11(9-12(21)22)17(13(23)24,16(4,5)6)19-14(25)20-8-7-18-10-20/h7-8,10-11H,9H2,1-6H3,(H,19,25)(H,21,22)(H,23,24)/t11?,17-/m1/s1. The third-order valence-electron chi connectivity index (χ3n) is 4.51. The first-order valence-corrected chi connectivity index (χ1v) is 7.99. The van der Waals surface area contributed by atoms with Crippen LogP contribution < -0.4 is 5.32 Å². The van der Waals surface area contributed by atoms with Gasteiger partial charge in [-0.25, -0.2) is 14.6 Å². The molecular formula is C17H27N3O5. The van der Waals surface area contributed by atoms with Crippen LogP contribution in [0, 0.1) is 16.7 Å². The highest BCUT2D eigenvalue weighted by molar-refractivity contribution is 5.89. The van der Waals surface area contributed by atoms with Crippen LogP contribution in [0.2, 0.25) is 0 Å². The second-order valence-electron chi connectivity index (χ2n) is 8.28. The Balaban J connectivity index is 3.56. The number of carboxylic acids is 2. The fourth-order valence-electron chi connectivity index (χ4n) is 3.22. The quantitative estimate of drug-likeness (QED) is 0.747. The van der Waals surface area contributed by atoms with E-state index in [1.54, 1.807) is 41.5 Å². The number of aromatic nitrogens is 2. The molecule has 1 heterocycles. The highest BCUT2D eigenvalue weighted by Crippen LogP contribution is 2.46. The second kappa shape index (κ2) is 6.85. The van der Waals surface area contributed by atoms with Crippen molar-refractivity contribution in [1.29, 1.82) is 0 Å². The van der Waals surface area contributed by atoms with Crippen molar-refractivity contribution in [3.63, 3.8) is 0 Å². The first-order chi connectivity index (χ1) is 11.2. The maximum atomic E-state index is 12.6. The molecule has 3 N–H and O–H groups in total. The molecule has 0 aliphatic rings. The van der Waals surface area contributed by atoms with E-state index in [1.807, 2.05) is 0 Å². The van der Waals surface area contributed by atoms with Gasteiger partial charge in [0.25, 0.3) is 0 Å². The summed E-state index contributed by atoms with van der Waals surface area (Å²) in [5.74, 6) is -3.25. The van der Waals surface area contributed by atoms with E-state index < -0.39 is 46.7 Å². The summed E-state index contributed by atoms with van der Waals surface area (Å²) in [6.45, 7) is 10.3. The Hall–Kier alpha value is -2.38. The van der Waals surface area contributed by atoms with Gasteiger partial charge in [0, 0.05) is 18.3 Å². The molecule has 1 aromatic heterocycles. The predicted molar refractivity (Wildman–Crippen MR) is 91.2 cm³/mol. The van der Waals surface area contributed by atoms with E-state index >= 15 is 0 Å². The van der Waals surface area contributed by atoms with E-state index in [2.05, 4.69) is 10.3 Å². The Morgan fingerprint density at radius 2 is 1.68 bits per heavy atom. The normalized spacial score (nSPS) is 15.9. The van der Waals surface area contributed by atoms with Gasteiger partial charge in [0.2, 0.25) is 0 Å². The lowest BCUT2D eigenvalue weighted by Gasteiger charge is -2.51. The number of imidazole rings is 1. The van der Waals surface area contributed by atoms with Crippen LogP contribution in [-0.2, 0) is 9.59 Å². The van der Waals surface area contributed by atoms with Crippen molar-refractivity contribution in [3.8, 4) is 0 Å². The monoisotopic (exact) mass is 353 g/mol. The minimum Gasteiger partial charge on any atom is -0.481 e. The van der Waals surface area contributed by atoms with Crippen molar-refractivity contribution in [2.24, 2.45) is 16.7 Å². The molecule has 0 aromatic carbocycles. The summed E-state index contributed by atoms with van der Waals surface area (Å²) in [5, 5.41) is 22.1. The van der Waals surface area contributed by atoms with Crippen molar-refractivity contribution in [3.05, 3.63) is 18.7 Å². The van der Waals surface area contributed by atoms with Gasteiger partial charge in [-0.3, -0.25) is 9.36 Å². The van der Waals surface area contributed by atoms with Crippen LogP contribution in [0.3, 0.4) is 0 Å². The van der Waals surface area contributed by atoms with Crippen molar-refractivity contribution in [1.82, 2.24) is 14.9 Å². The Labute approximate surface area is 147 Å². The number of rotatable bonds is 5. The number of carbonyl (C=O) groups excluding carboxylic acids is 1. The number of hydrogen-bond acceptors (Lipinski definition) is 4. The van der Waals surface area contributed by atoms with Gasteiger partial charge >= 0.3 is 18.0 Å². The zero-order valence-corrected chi connectivity index (χ0v) is 15.5. The van der Waals surface area contributed by atoms with Gasteiger partial charge in [-0.2, -0.15) is 0 Å². The average Bonchev–Trinajstić information content (AvgIpc) is 2.93. The third kappa shape index (κ3) is 4.18. The molecule has 0 saturated heterocycles. The Morgan fingerprint density at radius 1 is 1.12 bits per heavy atom. The molecule has 1 unspecified atom stereocenters. The molecule has 1 amide bonds. The SMILES string of the molecule is CC(C)(C)C(CC(=O)O)[C@@](NC(=O)n1ccnc1)(C(=O)O)C(C)(C)C. The van der Waals surface area contributed by atoms with E-state index in [9.17, 15) is 24.6 Å². The van der Waals surface area contributed by atoms with E-state index in [1.165, 1.54) is 18.7 Å². The fourth-order valence-corrected chi connectivity index (χ4v) is 3.22. The molecule has 8 heteroatoms. The molecule has 1 rings (SSSR count). The summed E-state index contributed by atoms with van der Waals surface area (Å²) in [6, 6.07) is -0.672. The topological polar surface area (TPSA) is 122 Å². The Morgan fingerprint density at radius 3 is 2.00 bits per heavy atom. The molecule has 0 spiro atoms. The van der Waals surface area contributed by atoms with Crippen LogP contribution in [0.1, 0.15) is 48.0 Å². The number of carbonyl (C=O) groups is 3. The molecule has 0 aliphatic heterocycles. The average molecular weight is 353 g/mol. The lowest BCUT2D eigenvalue weighted by molar-refractivity contribution is -0.159. The number of aliphatic carboxylic acids is 2. The third-order valence-corrected chi connectivity index (χ3v) is 4.51. The van der Waals surface area contributed by atoms with E-state index in [0.29, 0.717) is 0 Å². The Kier molecular flexibility index (Phi) is 5.67. The molecule has 0 aliphatic carbocycles. The number of nitrogens with one attached hydrogen (secondary N) is 1. The molecule has 25 heavy (non-hydrogen) atoms. The first kappa shape index (κ1) is 20.7. The number of nitrogens with zero attached hydrogens (tertiary/aromatic N) is 2. The summed E-state index contributed by atoms with van der Waals surface area (Å²) in [4.78, 5) is 40.2. The van der Waals surface area contributed by atoms with Gasteiger partial charge in [-0.1, -0.05) is 41.5 Å². The molecule has 1 aromatic rings. The van der Waals surface area contributed by atoms with Crippen LogP contribution in [0.5, 0.6) is 0 Å². The van der Waals surface area contributed by atoms with Gasteiger partial charge in [-0.15, -0.1) is 0 Å². The lowest BCUT2D eigenvalue weighted by Crippen LogP contribution is -2.69. The smallest absolute Gasteiger partial charge is 0.330 e. The summed E-state index contributed by atoms with van der Waals surface area (Å²) >= 11 is 0. The fraction of sp³-hybridized carbons (Fsp3) is 0.647. The van der Waals surface area contributed by atoms with E-state index in [-0.39, 0.29) is 0 Å². The van der Waals surface area contributed by atoms with Crippen molar-refractivity contribution < 1.29 is 24.6 Å². The first-order valence-electron chi connectivity index (χ1n) is 7.99. The molecule has 0 saturated carbocycles. The summed E-state index contributed by atoms with van der Waals surface area (Å²) in [6.07, 6.45) is 3.66. The molecule has 8 nitrogen and oxygen atoms in total. The lowest BCUT2D eigenvalue weighted by atomic mass is 9.57. The zero-order valence-electron chi connectivity index (χ0n) is 15.5. The molecule has 2 atom stereocenters. The maximum absolute atomic E-state index is 12.6. The van der Waals surface area contributed by atoms with Crippen molar-refractivity contribution >= 4 is 18.0 Å². The van der Waals surface area contributed by atoms with Gasteiger partial charge in [0.05, 0.1) is 6.42 Å². The highest BCUT2D eigenvalue weighted by atomic mass is 16.4. The minimum absolute atomic E-state index is 0.392. The number of amides is 1. The predicted octanol–water partition coefficient (Wildman–Crippen LogP) is 2.45. The van der Waals surface area contributed by atoms with Crippen LogP contribution >= 0.6 is 0 Å². The van der Waals surface area contributed by atoms with Crippen LogP contribution in [0.15, 0.2) is 18.7 Å². The van der Waals surface area contributed by atoms with Crippen LogP contribution in [0.25, 0.3) is 0 Å². The molecule has 0 radical (unpaired) electrons. The van der Waals surface area contributed by atoms with Crippen LogP contribution in [0.4, 0.5) is 4.79 Å². The maximum Gasteiger partial charge on any atom is 0.330 e. The number of hydrogen-bond donors (Lipinski definition) is 3. The largest absolute Gasteiger partial charge is 0.481 e. The summed E-state index contributed by atoms with van der Waals surface area (Å²) in [7, 11) is 0. The molecular weight excluding hydrogens is 326 g/mol. The van der Waals surface area contributed by atoms with Crippen LogP contribution in [-0.4, -0.2) is 43.3 Å². The molecule has 0 bridgehead atoms. The highest BCUT2D eigenvalue weighted by Gasteiger charge is 2.59. The van der Waals surface area contributed by atoms with Gasteiger partial charge < -0.3 is 15.5 Å². The summed E-state index contributed by atoms with van der Waals surface area (Å²) < 4.78 is 1.13. The van der Waals surface area contributed by atoms with E-state index in [4.69, 9.17) is 0 Å². The summed E-state index contributed by atoms with van der Waals surface area (Å²) in [5.41, 5.74) is -3.44. The minimum atomic E-state index is -1.80.